The third-order valence-electron chi connectivity index (χ3n) is 3.07. The Kier molecular flexibility index (Phi) is 3.64. The van der Waals surface area contributed by atoms with Crippen LogP contribution in [0.25, 0.3) is 11.0 Å². The second-order valence-corrected chi connectivity index (χ2v) is 5.50. The predicted octanol–water partition coefficient (Wildman–Crippen LogP) is 4.79. The Balaban J connectivity index is 1.79. The molecule has 0 aliphatic rings. The number of benzene rings is 2. The van der Waals surface area contributed by atoms with Crippen molar-refractivity contribution in [2.24, 2.45) is 0 Å². The average Bonchev–Trinajstić information content (AvgIpc) is 2.77. The van der Waals surface area contributed by atoms with Gasteiger partial charge in [-0.2, -0.15) is 0 Å². The fourth-order valence-corrected chi connectivity index (χ4v) is 2.74. The summed E-state index contributed by atoms with van der Waals surface area (Å²) in [5.74, 6) is 0.552. The first-order valence-corrected chi connectivity index (χ1v) is 6.95. The van der Waals surface area contributed by atoms with Gasteiger partial charge in [-0.3, -0.25) is 0 Å². The van der Waals surface area contributed by atoms with Gasteiger partial charge in [0.05, 0.1) is 11.0 Å². The summed E-state index contributed by atoms with van der Waals surface area (Å²) in [5, 5.41) is 1.25. The van der Waals surface area contributed by atoms with Crippen LogP contribution >= 0.6 is 23.2 Å². The van der Waals surface area contributed by atoms with Gasteiger partial charge in [-0.25, -0.2) is 9.37 Å². The van der Waals surface area contributed by atoms with Crippen LogP contribution in [0.3, 0.4) is 0 Å². The van der Waals surface area contributed by atoms with Crippen molar-refractivity contribution in [2.45, 2.75) is 12.8 Å². The van der Waals surface area contributed by atoms with Crippen LogP contribution in [0.15, 0.2) is 36.4 Å². The van der Waals surface area contributed by atoms with E-state index in [1.54, 1.807) is 12.1 Å². The topological polar surface area (TPSA) is 28.7 Å². The van der Waals surface area contributed by atoms with E-state index < -0.39 is 0 Å². The highest BCUT2D eigenvalue weighted by molar-refractivity contribution is 6.34. The van der Waals surface area contributed by atoms with Crippen molar-refractivity contribution in [3.05, 3.63) is 63.6 Å². The van der Waals surface area contributed by atoms with Crippen LogP contribution in [0.4, 0.5) is 4.39 Å². The molecule has 0 aliphatic carbocycles. The molecule has 3 rings (SSSR count). The number of fused-ring (bicyclic) bond motifs is 1. The molecular weight excluding hydrogens is 298 g/mol. The van der Waals surface area contributed by atoms with Gasteiger partial charge in [0.2, 0.25) is 0 Å². The molecule has 3 aromatic rings. The van der Waals surface area contributed by atoms with Crippen molar-refractivity contribution < 1.29 is 4.39 Å². The number of aryl methyl sites for hydroxylation is 2. The summed E-state index contributed by atoms with van der Waals surface area (Å²) in [5.41, 5.74) is 2.53. The fraction of sp³-hybridized carbons (Fsp3) is 0.133. The Hall–Kier alpha value is -1.58. The summed E-state index contributed by atoms with van der Waals surface area (Å²) in [4.78, 5) is 7.54. The molecule has 2 nitrogen and oxygen atoms in total. The summed E-state index contributed by atoms with van der Waals surface area (Å²) in [7, 11) is 0. The minimum absolute atomic E-state index is 0.269. The Labute approximate surface area is 125 Å². The van der Waals surface area contributed by atoms with E-state index in [4.69, 9.17) is 23.2 Å². The zero-order valence-corrected chi connectivity index (χ0v) is 12.0. The summed E-state index contributed by atoms with van der Waals surface area (Å²) in [6, 6.07) is 9.99. The van der Waals surface area contributed by atoms with Crippen LogP contribution in [0.2, 0.25) is 10.0 Å². The number of aromatic amines is 1. The zero-order valence-electron chi connectivity index (χ0n) is 10.5. The van der Waals surface area contributed by atoms with Gasteiger partial charge < -0.3 is 4.98 Å². The molecule has 0 saturated heterocycles. The van der Waals surface area contributed by atoms with E-state index in [-0.39, 0.29) is 5.82 Å². The Bertz CT molecular complexity index is 747. The average molecular weight is 309 g/mol. The van der Waals surface area contributed by atoms with Crippen molar-refractivity contribution in [3.63, 3.8) is 0 Å². The number of imidazole rings is 1. The number of hydrogen-bond acceptors (Lipinski definition) is 1. The van der Waals surface area contributed by atoms with Crippen LogP contribution < -0.4 is 0 Å². The van der Waals surface area contributed by atoms with Crippen LogP contribution in [-0.2, 0) is 12.8 Å². The summed E-state index contributed by atoms with van der Waals surface area (Å²) in [6.07, 6.45) is 1.48. The molecule has 0 fully saturated rings. The van der Waals surface area contributed by atoms with Gasteiger partial charge in [0.25, 0.3) is 0 Å². The third-order valence-corrected chi connectivity index (χ3v) is 3.50. The molecule has 102 valence electrons. The molecular formula is C15H11Cl2FN2. The number of aromatic nitrogens is 2. The van der Waals surface area contributed by atoms with E-state index in [2.05, 4.69) is 9.97 Å². The SMILES string of the molecule is Fc1ccc2nc(CCc3cc(Cl)cc(Cl)c3)[nH]c2c1. The lowest BCUT2D eigenvalue weighted by molar-refractivity contribution is 0.629. The number of nitrogens with one attached hydrogen (secondary N) is 1. The largest absolute Gasteiger partial charge is 0.342 e. The van der Waals surface area contributed by atoms with E-state index >= 15 is 0 Å². The number of rotatable bonds is 3. The standard InChI is InChI=1S/C15H11Cl2FN2/c16-10-5-9(6-11(17)7-10)1-4-15-19-13-3-2-12(18)8-14(13)20-15/h2-3,5-8H,1,4H2,(H,19,20). The highest BCUT2D eigenvalue weighted by atomic mass is 35.5. The Morgan fingerprint density at radius 3 is 2.50 bits per heavy atom. The lowest BCUT2D eigenvalue weighted by Crippen LogP contribution is -1.93. The lowest BCUT2D eigenvalue weighted by atomic mass is 10.1. The Morgan fingerprint density at radius 2 is 1.75 bits per heavy atom. The van der Waals surface area contributed by atoms with Gasteiger partial charge in [0.15, 0.2) is 0 Å². The fourth-order valence-electron chi connectivity index (χ4n) is 2.17. The molecule has 2 aromatic carbocycles. The van der Waals surface area contributed by atoms with Crippen molar-refractivity contribution >= 4 is 34.2 Å². The molecule has 5 heteroatoms. The van der Waals surface area contributed by atoms with Crippen LogP contribution in [0, 0.1) is 5.82 Å². The molecule has 1 N–H and O–H groups in total. The van der Waals surface area contributed by atoms with Crippen molar-refractivity contribution in [2.75, 3.05) is 0 Å². The van der Waals surface area contributed by atoms with E-state index in [9.17, 15) is 4.39 Å². The van der Waals surface area contributed by atoms with Gasteiger partial charge in [-0.1, -0.05) is 23.2 Å². The van der Waals surface area contributed by atoms with Crippen LogP contribution in [0.1, 0.15) is 11.4 Å². The van der Waals surface area contributed by atoms with E-state index in [1.807, 2.05) is 12.1 Å². The molecule has 0 aliphatic heterocycles. The maximum absolute atomic E-state index is 13.1. The number of nitrogens with zero attached hydrogens (tertiary/aromatic N) is 1. The number of hydrogen-bond donors (Lipinski definition) is 1. The van der Waals surface area contributed by atoms with E-state index in [0.29, 0.717) is 22.0 Å². The lowest BCUT2D eigenvalue weighted by Gasteiger charge is -2.01. The molecule has 0 bridgehead atoms. The van der Waals surface area contributed by atoms with Gasteiger partial charge in [0, 0.05) is 16.5 Å². The molecule has 20 heavy (non-hydrogen) atoms. The minimum Gasteiger partial charge on any atom is -0.342 e. The maximum Gasteiger partial charge on any atom is 0.125 e. The predicted molar refractivity (Wildman–Crippen MR) is 79.9 cm³/mol. The Morgan fingerprint density at radius 1 is 1.00 bits per heavy atom. The van der Waals surface area contributed by atoms with E-state index in [0.717, 1.165) is 23.3 Å². The normalized spacial score (nSPS) is 11.2. The quantitative estimate of drug-likeness (QED) is 0.740. The van der Waals surface area contributed by atoms with Crippen molar-refractivity contribution in [1.29, 1.82) is 0 Å². The molecule has 0 spiro atoms. The summed E-state index contributed by atoms with van der Waals surface area (Å²) in [6.45, 7) is 0. The molecule has 0 unspecified atom stereocenters. The van der Waals surface area contributed by atoms with Gasteiger partial charge in [-0.05, 0) is 48.4 Å². The van der Waals surface area contributed by atoms with Gasteiger partial charge >= 0.3 is 0 Å². The molecule has 0 saturated carbocycles. The highest BCUT2D eigenvalue weighted by Gasteiger charge is 2.05. The first kappa shape index (κ1) is 13.4. The molecule has 1 aromatic heterocycles. The maximum atomic E-state index is 13.1. The van der Waals surface area contributed by atoms with E-state index in [1.165, 1.54) is 12.1 Å². The first-order chi connectivity index (χ1) is 9.60. The second kappa shape index (κ2) is 5.43. The molecule has 0 atom stereocenters. The van der Waals surface area contributed by atoms with Crippen LogP contribution in [0.5, 0.6) is 0 Å². The van der Waals surface area contributed by atoms with Crippen molar-refractivity contribution in [3.8, 4) is 0 Å². The number of halogens is 3. The van der Waals surface area contributed by atoms with Gasteiger partial charge in [-0.15, -0.1) is 0 Å². The molecule has 0 radical (unpaired) electrons. The number of H-pyrrole nitrogens is 1. The van der Waals surface area contributed by atoms with Gasteiger partial charge in [0.1, 0.15) is 11.6 Å². The molecule has 1 heterocycles. The molecule has 0 amide bonds. The first-order valence-electron chi connectivity index (χ1n) is 6.19. The summed E-state index contributed by atoms with van der Waals surface area (Å²) >= 11 is 11.9. The smallest absolute Gasteiger partial charge is 0.125 e. The van der Waals surface area contributed by atoms with Crippen LogP contribution in [-0.4, -0.2) is 9.97 Å². The third kappa shape index (κ3) is 2.94. The van der Waals surface area contributed by atoms with Crippen molar-refractivity contribution in [1.82, 2.24) is 9.97 Å². The summed E-state index contributed by atoms with van der Waals surface area (Å²) < 4.78 is 13.1. The monoisotopic (exact) mass is 308 g/mol. The minimum atomic E-state index is -0.269. The highest BCUT2D eigenvalue weighted by Crippen LogP contribution is 2.20. The zero-order chi connectivity index (χ0) is 14.1. The second-order valence-electron chi connectivity index (χ2n) is 4.62.